The van der Waals surface area contributed by atoms with Crippen molar-refractivity contribution < 1.29 is 47.4 Å². The highest BCUT2D eigenvalue weighted by Crippen LogP contribution is 2.41. The van der Waals surface area contributed by atoms with Gasteiger partial charge in [0.05, 0.1) is 68.5 Å². The molecule has 12 heteroatoms. The minimum atomic E-state index is -0.421. The molecule has 1 atom stereocenters. The number of carbonyl (C=O) groups excluding carboxylic acids is 1. The molecule has 52 heavy (non-hydrogen) atoms. The zero-order chi connectivity index (χ0) is 37.0. The number of hydrogen-bond donors (Lipinski definition) is 2. The van der Waals surface area contributed by atoms with Crippen LogP contribution in [0.15, 0.2) is 60.7 Å². The number of benzene rings is 4. The monoisotopic (exact) mass is 714 g/mol. The highest BCUT2D eigenvalue weighted by atomic mass is 16.5. The second-order valence-corrected chi connectivity index (χ2v) is 11.7. The predicted octanol–water partition coefficient (Wildman–Crippen LogP) is 7.40. The van der Waals surface area contributed by atoms with Crippen molar-refractivity contribution in [2.24, 2.45) is 0 Å². The number of nitrogens with one attached hydrogen (secondary N) is 2. The maximum atomic E-state index is 12.8. The van der Waals surface area contributed by atoms with Crippen molar-refractivity contribution in [2.45, 2.75) is 25.4 Å². The van der Waals surface area contributed by atoms with Gasteiger partial charge in [0.2, 0.25) is 11.5 Å². The molecule has 0 radical (unpaired) electrons. The van der Waals surface area contributed by atoms with E-state index >= 15 is 0 Å². The molecule has 0 aliphatic carbocycles. The molecule has 276 valence electrons. The normalized spacial score (nSPS) is 13.4. The first kappa shape index (κ1) is 37.3. The second-order valence-electron chi connectivity index (χ2n) is 11.7. The van der Waals surface area contributed by atoms with Gasteiger partial charge in [-0.2, -0.15) is 0 Å². The summed E-state index contributed by atoms with van der Waals surface area (Å²) in [6, 6.07) is 18.5. The Kier molecular flexibility index (Phi) is 12.8. The fourth-order valence-electron chi connectivity index (χ4n) is 5.78. The molecule has 0 saturated carbocycles. The van der Waals surface area contributed by atoms with Gasteiger partial charge in [0, 0.05) is 5.69 Å². The van der Waals surface area contributed by atoms with E-state index in [1.54, 1.807) is 55.8 Å². The van der Waals surface area contributed by atoms with Crippen molar-refractivity contribution in [2.75, 3.05) is 68.3 Å². The van der Waals surface area contributed by atoms with Gasteiger partial charge in [-0.15, -0.1) is 0 Å². The van der Waals surface area contributed by atoms with E-state index < -0.39 is 6.17 Å². The number of rotatable bonds is 18. The molecule has 0 bridgehead atoms. The fraction of sp³-hybridized carbons (Fsp3) is 0.325. The Morgan fingerprint density at radius 1 is 0.538 bits per heavy atom. The third-order valence-electron chi connectivity index (χ3n) is 8.50. The first-order valence-electron chi connectivity index (χ1n) is 16.8. The molecule has 12 nitrogen and oxygen atoms in total. The van der Waals surface area contributed by atoms with Crippen LogP contribution in [0.2, 0.25) is 0 Å². The summed E-state index contributed by atoms with van der Waals surface area (Å²) in [4.78, 5) is 12.8. The van der Waals surface area contributed by atoms with E-state index in [-0.39, 0.29) is 5.91 Å². The molecule has 1 aliphatic heterocycles. The van der Waals surface area contributed by atoms with Gasteiger partial charge in [-0.3, -0.25) is 4.79 Å². The maximum Gasteiger partial charge on any atom is 0.255 e. The molecule has 4 aromatic rings. The zero-order valence-electron chi connectivity index (χ0n) is 30.6. The number of hydrogen-bond acceptors (Lipinski definition) is 11. The maximum absolute atomic E-state index is 12.8. The van der Waals surface area contributed by atoms with Crippen molar-refractivity contribution in [3.8, 4) is 51.7 Å². The number of amides is 1. The molecular weight excluding hydrogens is 668 g/mol. The van der Waals surface area contributed by atoms with E-state index in [9.17, 15) is 4.79 Å². The molecule has 0 saturated heterocycles. The number of anilines is 1. The quantitative estimate of drug-likeness (QED) is 0.0792. The zero-order valence-corrected chi connectivity index (χ0v) is 30.6. The van der Waals surface area contributed by atoms with E-state index in [0.29, 0.717) is 70.5 Å². The Labute approximate surface area is 304 Å². The number of ether oxygens (including phenoxy) is 9. The Morgan fingerprint density at radius 2 is 1.12 bits per heavy atom. The van der Waals surface area contributed by atoms with Gasteiger partial charge in [0.15, 0.2) is 34.5 Å². The molecule has 1 heterocycles. The van der Waals surface area contributed by atoms with Crippen LogP contribution in [-0.4, -0.2) is 68.9 Å². The fourth-order valence-corrected chi connectivity index (χ4v) is 5.78. The van der Waals surface area contributed by atoms with Crippen molar-refractivity contribution in [1.29, 1.82) is 0 Å². The van der Waals surface area contributed by atoms with Crippen LogP contribution >= 0.6 is 0 Å². The molecular formula is C40H46N2O10. The van der Waals surface area contributed by atoms with Crippen molar-refractivity contribution >= 4 is 23.7 Å². The van der Waals surface area contributed by atoms with Gasteiger partial charge < -0.3 is 53.3 Å². The van der Waals surface area contributed by atoms with Crippen LogP contribution in [0.25, 0.3) is 12.2 Å². The topological polar surface area (TPSA) is 124 Å². The SMILES string of the molecule is COc1ccc2c(c1)C(=O)NC(c1ccc(OCCCCCOc3c(OC)cc(C=Cc4cc(OC)c(OC)c(OC)c4)cc3OC)c(OC)c1)N2. The van der Waals surface area contributed by atoms with Crippen molar-refractivity contribution in [3.63, 3.8) is 0 Å². The minimum Gasteiger partial charge on any atom is -0.497 e. The summed E-state index contributed by atoms with van der Waals surface area (Å²) in [7, 11) is 11.1. The van der Waals surface area contributed by atoms with Crippen LogP contribution < -0.4 is 53.3 Å². The average Bonchev–Trinajstić information content (AvgIpc) is 3.18. The van der Waals surface area contributed by atoms with Crippen LogP contribution in [0.3, 0.4) is 0 Å². The summed E-state index contributed by atoms with van der Waals surface area (Å²) < 4.78 is 50.8. The van der Waals surface area contributed by atoms with Crippen LogP contribution in [0.1, 0.15) is 52.5 Å². The van der Waals surface area contributed by atoms with Crippen molar-refractivity contribution in [1.82, 2.24) is 5.32 Å². The molecule has 2 N–H and O–H groups in total. The molecule has 1 aliphatic rings. The Bertz CT molecular complexity index is 1830. The lowest BCUT2D eigenvalue weighted by atomic mass is 10.0. The summed E-state index contributed by atoms with van der Waals surface area (Å²) in [5.74, 6) is 4.99. The minimum absolute atomic E-state index is 0.184. The van der Waals surface area contributed by atoms with E-state index in [2.05, 4.69) is 10.6 Å². The molecule has 0 aromatic heterocycles. The molecule has 0 fully saturated rings. The van der Waals surface area contributed by atoms with Gasteiger partial charge >= 0.3 is 0 Å². The first-order valence-corrected chi connectivity index (χ1v) is 16.8. The van der Waals surface area contributed by atoms with E-state index in [1.165, 1.54) is 0 Å². The number of fused-ring (bicyclic) bond motifs is 1. The summed E-state index contributed by atoms with van der Waals surface area (Å²) >= 11 is 0. The lowest BCUT2D eigenvalue weighted by Gasteiger charge is -2.28. The molecule has 1 unspecified atom stereocenters. The molecule has 5 rings (SSSR count). The highest BCUT2D eigenvalue weighted by molar-refractivity contribution is 6.02. The van der Waals surface area contributed by atoms with Gasteiger partial charge in [0.1, 0.15) is 11.9 Å². The predicted molar refractivity (Wildman–Crippen MR) is 199 cm³/mol. The lowest BCUT2D eigenvalue weighted by molar-refractivity contribution is 0.0935. The first-order chi connectivity index (χ1) is 25.3. The Balaban J connectivity index is 1.12. The third kappa shape index (κ3) is 8.68. The Morgan fingerprint density at radius 3 is 1.67 bits per heavy atom. The summed E-state index contributed by atoms with van der Waals surface area (Å²) in [6.45, 7) is 0.977. The van der Waals surface area contributed by atoms with Crippen LogP contribution in [0, 0.1) is 0 Å². The highest BCUT2D eigenvalue weighted by Gasteiger charge is 2.26. The van der Waals surface area contributed by atoms with Crippen LogP contribution in [0.5, 0.6) is 51.7 Å². The smallest absolute Gasteiger partial charge is 0.255 e. The molecule has 0 spiro atoms. The van der Waals surface area contributed by atoms with Gasteiger partial charge in [-0.05, 0) is 90.6 Å². The largest absolute Gasteiger partial charge is 0.497 e. The van der Waals surface area contributed by atoms with Gasteiger partial charge in [-0.25, -0.2) is 0 Å². The number of methoxy groups -OCH3 is 7. The summed E-state index contributed by atoms with van der Waals surface area (Å²) in [6.07, 6.45) is 5.95. The Hall–Kier alpha value is -5.91. The van der Waals surface area contributed by atoms with E-state index in [4.69, 9.17) is 42.6 Å². The molecule has 1 amide bonds. The number of unbranched alkanes of at least 4 members (excludes halogenated alkanes) is 2. The van der Waals surface area contributed by atoms with Crippen LogP contribution in [0.4, 0.5) is 5.69 Å². The summed E-state index contributed by atoms with van der Waals surface area (Å²) in [5, 5.41) is 6.35. The third-order valence-corrected chi connectivity index (χ3v) is 8.50. The standard InChI is InChI=1S/C40H46N2O10/c1-44-28-14-15-30-29(24-28)40(43)42-39(41-30)27-13-16-31(32(23-27)45-2)51-17-9-8-10-18-52-38-35(48-5)21-26(22-36(38)49-6)12-11-25-19-33(46-3)37(50-7)34(20-25)47-4/h11-16,19-24,39,41H,8-10,17-18H2,1-7H3,(H,42,43). The number of carbonyl (C=O) groups is 1. The van der Waals surface area contributed by atoms with E-state index in [1.807, 2.05) is 66.7 Å². The second kappa shape index (κ2) is 17.8. The van der Waals surface area contributed by atoms with Crippen molar-refractivity contribution in [3.05, 3.63) is 82.9 Å². The van der Waals surface area contributed by atoms with Gasteiger partial charge in [0.25, 0.3) is 5.91 Å². The average molecular weight is 715 g/mol. The molecule has 4 aromatic carbocycles. The van der Waals surface area contributed by atoms with E-state index in [0.717, 1.165) is 41.6 Å². The van der Waals surface area contributed by atoms with Crippen LogP contribution in [-0.2, 0) is 0 Å². The lowest BCUT2D eigenvalue weighted by Crippen LogP contribution is -2.38. The van der Waals surface area contributed by atoms with Gasteiger partial charge in [-0.1, -0.05) is 18.2 Å². The summed E-state index contributed by atoms with van der Waals surface area (Å²) in [5.41, 5.74) is 3.83.